The van der Waals surface area contributed by atoms with Crippen molar-refractivity contribution in [2.75, 3.05) is 13.7 Å². The van der Waals surface area contributed by atoms with E-state index in [9.17, 15) is 9.59 Å². The van der Waals surface area contributed by atoms with E-state index in [4.69, 9.17) is 4.74 Å². The van der Waals surface area contributed by atoms with Crippen LogP contribution >= 0.6 is 11.8 Å². The summed E-state index contributed by atoms with van der Waals surface area (Å²) < 4.78 is 7.17. The van der Waals surface area contributed by atoms with Crippen molar-refractivity contribution in [3.63, 3.8) is 0 Å². The number of hydrogen-bond donors (Lipinski definition) is 2. The van der Waals surface area contributed by atoms with Gasteiger partial charge in [-0.05, 0) is 30.2 Å². The average Bonchev–Trinajstić information content (AvgIpc) is 3.11. The second-order valence-electron chi connectivity index (χ2n) is 4.61. The number of carbonyl (C=O) groups excluding carboxylic acids is 2. The summed E-state index contributed by atoms with van der Waals surface area (Å²) in [4.78, 5) is 22.9. The van der Waals surface area contributed by atoms with Gasteiger partial charge in [0.05, 0.1) is 17.9 Å². The first kappa shape index (κ1) is 15.7. The molecule has 2 N–H and O–H groups in total. The van der Waals surface area contributed by atoms with Crippen LogP contribution in [0.3, 0.4) is 0 Å². The molecule has 1 aliphatic heterocycles. The van der Waals surface area contributed by atoms with Crippen LogP contribution in [0.5, 0.6) is 0 Å². The number of ether oxygens (including phenoxy) is 1. The van der Waals surface area contributed by atoms with Crippen LogP contribution in [0.4, 0.5) is 4.79 Å². The minimum atomic E-state index is -0.536. The van der Waals surface area contributed by atoms with Gasteiger partial charge in [0.25, 0.3) is 0 Å². The molecule has 3 amide bonds. The van der Waals surface area contributed by atoms with Crippen LogP contribution < -0.4 is 10.6 Å². The summed E-state index contributed by atoms with van der Waals surface area (Å²) in [6.45, 7) is 3.02. The van der Waals surface area contributed by atoms with E-state index in [0.29, 0.717) is 11.7 Å². The van der Waals surface area contributed by atoms with Crippen LogP contribution in [0.25, 0.3) is 0 Å². The minimum absolute atomic E-state index is 0.114. The van der Waals surface area contributed by atoms with Crippen molar-refractivity contribution in [3.05, 3.63) is 0 Å². The Bertz CT molecular complexity index is 502. The predicted octanol–water partition coefficient (Wildman–Crippen LogP) is -0.212. The molecule has 2 rings (SSSR count). The van der Waals surface area contributed by atoms with Crippen LogP contribution in [0.15, 0.2) is 5.16 Å². The zero-order valence-corrected chi connectivity index (χ0v) is 12.7. The highest BCUT2D eigenvalue weighted by atomic mass is 32.2. The lowest BCUT2D eigenvalue weighted by atomic mass is 10.2. The summed E-state index contributed by atoms with van der Waals surface area (Å²) in [6, 6.07) is -0.536. The molecule has 0 bridgehead atoms. The highest BCUT2D eigenvalue weighted by molar-refractivity contribution is 8.00. The van der Waals surface area contributed by atoms with Crippen molar-refractivity contribution in [1.29, 1.82) is 0 Å². The number of carbonyl (C=O) groups is 2. The van der Waals surface area contributed by atoms with E-state index in [2.05, 4.69) is 26.2 Å². The Labute approximate surface area is 126 Å². The standard InChI is InChI=1S/C11H18N6O3S/c1-7(9(18)13-10(19)12-2)21-11-14-15-16-17(11)6-8-4-3-5-20-8/h7-8H,3-6H2,1-2H3,(H2,12,13,18,19)/t7-,8-/m0/s1. The molecule has 2 heterocycles. The molecule has 0 aliphatic carbocycles. The maximum absolute atomic E-state index is 11.8. The molecule has 0 unspecified atom stereocenters. The minimum Gasteiger partial charge on any atom is -0.376 e. The summed E-state index contributed by atoms with van der Waals surface area (Å²) in [5.74, 6) is -0.397. The lowest BCUT2D eigenvalue weighted by Gasteiger charge is -2.12. The van der Waals surface area contributed by atoms with Crippen LogP contribution in [0, 0.1) is 0 Å². The first-order chi connectivity index (χ1) is 10.1. The van der Waals surface area contributed by atoms with E-state index in [0.717, 1.165) is 19.4 Å². The fourth-order valence-electron chi connectivity index (χ4n) is 1.86. The topological polar surface area (TPSA) is 111 Å². The van der Waals surface area contributed by atoms with E-state index >= 15 is 0 Å². The van der Waals surface area contributed by atoms with Crippen LogP contribution in [0.2, 0.25) is 0 Å². The molecule has 0 saturated carbocycles. The number of aromatic nitrogens is 4. The van der Waals surface area contributed by atoms with Gasteiger partial charge in [-0.1, -0.05) is 11.8 Å². The van der Waals surface area contributed by atoms with E-state index in [1.807, 2.05) is 0 Å². The highest BCUT2D eigenvalue weighted by Gasteiger charge is 2.22. The Balaban J connectivity index is 1.91. The molecule has 1 aromatic rings. The molecule has 10 heteroatoms. The quantitative estimate of drug-likeness (QED) is 0.723. The number of imide groups is 1. The third-order valence-electron chi connectivity index (χ3n) is 3.01. The maximum atomic E-state index is 11.8. The Morgan fingerprint density at radius 2 is 2.38 bits per heavy atom. The van der Waals surface area contributed by atoms with Gasteiger partial charge in [0.1, 0.15) is 0 Å². The van der Waals surface area contributed by atoms with Gasteiger partial charge < -0.3 is 10.1 Å². The van der Waals surface area contributed by atoms with Gasteiger partial charge in [0.15, 0.2) is 0 Å². The Morgan fingerprint density at radius 1 is 1.57 bits per heavy atom. The van der Waals surface area contributed by atoms with Gasteiger partial charge in [-0.25, -0.2) is 9.48 Å². The van der Waals surface area contributed by atoms with Crippen molar-refractivity contribution < 1.29 is 14.3 Å². The molecular formula is C11H18N6O3S. The fourth-order valence-corrected chi connectivity index (χ4v) is 2.66. The van der Waals surface area contributed by atoms with Crippen LogP contribution in [-0.2, 0) is 16.1 Å². The number of nitrogens with one attached hydrogen (secondary N) is 2. The van der Waals surface area contributed by atoms with Gasteiger partial charge in [-0.2, -0.15) is 0 Å². The van der Waals surface area contributed by atoms with Gasteiger partial charge in [-0.15, -0.1) is 5.10 Å². The molecule has 2 atom stereocenters. The maximum Gasteiger partial charge on any atom is 0.321 e. The summed E-state index contributed by atoms with van der Waals surface area (Å²) >= 11 is 1.20. The monoisotopic (exact) mass is 314 g/mol. The number of thioether (sulfide) groups is 1. The van der Waals surface area contributed by atoms with Gasteiger partial charge in [-0.3, -0.25) is 10.1 Å². The highest BCUT2D eigenvalue weighted by Crippen LogP contribution is 2.22. The Hall–Kier alpha value is -1.68. The molecule has 1 fully saturated rings. The average molecular weight is 314 g/mol. The molecule has 1 saturated heterocycles. The number of nitrogens with zero attached hydrogens (tertiary/aromatic N) is 4. The molecule has 0 aromatic carbocycles. The van der Waals surface area contributed by atoms with Crippen LogP contribution in [-0.4, -0.2) is 57.2 Å². The van der Waals surface area contributed by atoms with E-state index in [1.165, 1.54) is 18.8 Å². The normalized spacial score (nSPS) is 19.2. The van der Waals surface area contributed by atoms with Crippen molar-refractivity contribution in [1.82, 2.24) is 30.8 Å². The van der Waals surface area contributed by atoms with E-state index in [-0.39, 0.29) is 6.10 Å². The number of urea groups is 1. The molecule has 116 valence electrons. The molecular weight excluding hydrogens is 296 g/mol. The Morgan fingerprint density at radius 3 is 3.05 bits per heavy atom. The largest absolute Gasteiger partial charge is 0.376 e. The number of tetrazole rings is 1. The van der Waals surface area contributed by atoms with E-state index < -0.39 is 17.2 Å². The van der Waals surface area contributed by atoms with Crippen molar-refractivity contribution in [2.24, 2.45) is 0 Å². The SMILES string of the molecule is CNC(=O)NC(=O)[C@H](C)Sc1nnnn1C[C@@H]1CCCO1. The second kappa shape index (κ2) is 7.36. The number of hydrogen-bond acceptors (Lipinski definition) is 7. The Kier molecular flexibility index (Phi) is 5.51. The predicted molar refractivity (Wildman–Crippen MR) is 74.7 cm³/mol. The van der Waals surface area contributed by atoms with Gasteiger partial charge in [0.2, 0.25) is 11.1 Å². The van der Waals surface area contributed by atoms with Crippen molar-refractivity contribution in [3.8, 4) is 0 Å². The second-order valence-corrected chi connectivity index (χ2v) is 5.92. The third kappa shape index (κ3) is 4.39. The van der Waals surface area contributed by atoms with Crippen LogP contribution in [0.1, 0.15) is 19.8 Å². The third-order valence-corrected chi connectivity index (χ3v) is 4.09. The molecule has 0 spiro atoms. The summed E-state index contributed by atoms with van der Waals surface area (Å²) in [5, 5.41) is 16.0. The van der Waals surface area contributed by atoms with Gasteiger partial charge in [0, 0.05) is 13.7 Å². The molecule has 0 radical (unpaired) electrons. The summed E-state index contributed by atoms with van der Waals surface area (Å²) in [7, 11) is 1.45. The summed E-state index contributed by atoms with van der Waals surface area (Å²) in [5.41, 5.74) is 0. The van der Waals surface area contributed by atoms with E-state index in [1.54, 1.807) is 11.6 Å². The summed E-state index contributed by atoms with van der Waals surface area (Å²) in [6.07, 6.45) is 2.14. The first-order valence-electron chi connectivity index (χ1n) is 6.67. The van der Waals surface area contributed by atoms with Gasteiger partial charge >= 0.3 is 6.03 Å². The number of rotatable bonds is 5. The molecule has 1 aromatic heterocycles. The zero-order valence-electron chi connectivity index (χ0n) is 11.9. The number of amides is 3. The fraction of sp³-hybridized carbons (Fsp3) is 0.727. The zero-order chi connectivity index (χ0) is 15.2. The molecule has 21 heavy (non-hydrogen) atoms. The molecule has 9 nitrogen and oxygen atoms in total. The smallest absolute Gasteiger partial charge is 0.321 e. The molecule has 1 aliphatic rings. The lowest BCUT2D eigenvalue weighted by molar-refractivity contribution is -0.119. The first-order valence-corrected chi connectivity index (χ1v) is 7.55. The lowest BCUT2D eigenvalue weighted by Crippen LogP contribution is -2.41. The van der Waals surface area contributed by atoms with Crippen molar-refractivity contribution in [2.45, 2.75) is 42.8 Å². The van der Waals surface area contributed by atoms with Crippen molar-refractivity contribution >= 4 is 23.7 Å².